The van der Waals surface area contributed by atoms with E-state index in [1.165, 1.54) is 0 Å². The molecule has 13 heavy (non-hydrogen) atoms. The first-order chi connectivity index (χ1) is 6.15. The smallest absolute Gasteiger partial charge is 0.358 e. The number of rotatable bonds is 4. The molecule has 0 spiro atoms. The average Bonchev–Trinajstić information content (AvgIpc) is 2.43. The van der Waals surface area contributed by atoms with Crippen LogP contribution in [-0.4, -0.2) is 16.1 Å². The van der Waals surface area contributed by atoms with E-state index in [-0.39, 0.29) is 5.69 Å². The number of unbranched alkanes of at least 4 members (excludes halogenated alkanes) is 1. The zero-order valence-corrected chi connectivity index (χ0v) is 7.83. The van der Waals surface area contributed by atoms with Crippen LogP contribution in [0.2, 0.25) is 0 Å². The Bertz CT molecular complexity index is 304. The van der Waals surface area contributed by atoms with E-state index < -0.39 is 5.97 Å². The first kappa shape index (κ1) is 9.77. The minimum Gasteiger partial charge on any atom is -0.476 e. The molecule has 0 atom stereocenters. The number of carboxylic acids is 1. The van der Waals surface area contributed by atoms with Gasteiger partial charge in [0.1, 0.15) is 5.76 Å². The zero-order chi connectivity index (χ0) is 9.84. The Morgan fingerprint density at radius 3 is 2.77 bits per heavy atom. The second-order valence-corrected chi connectivity index (χ2v) is 2.92. The molecule has 0 amide bonds. The lowest BCUT2D eigenvalue weighted by molar-refractivity contribution is 0.0689. The quantitative estimate of drug-likeness (QED) is 0.775. The standard InChI is InChI=1S/C9H13NO3/c1-3-4-5-7-10-8(9(11)12)6(2)13-7/h3-5H2,1-2H3,(H,11,12). The third-order valence-corrected chi connectivity index (χ3v) is 1.79. The van der Waals surface area contributed by atoms with Gasteiger partial charge in [-0.15, -0.1) is 0 Å². The van der Waals surface area contributed by atoms with Crippen molar-refractivity contribution in [1.29, 1.82) is 0 Å². The summed E-state index contributed by atoms with van der Waals surface area (Å²) in [5.74, 6) is -0.112. The molecule has 72 valence electrons. The van der Waals surface area contributed by atoms with E-state index in [0.717, 1.165) is 12.8 Å². The molecule has 0 bridgehead atoms. The topological polar surface area (TPSA) is 63.3 Å². The summed E-state index contributed by atoms with van der Waals surface area (Å²) in [6.07, 6.45) is 2.73. The van der Waals surface area contributed by atoms with Crippen molar-refractivity contribution in [2.75, 3.05) is 0 Å². The summed E-state index contributed by atoms with van der Waals surface area (Å²) in [7, 11) is 0. The molecular formula is C9H13NO3. The van der Waals surface area contributed by atoms with E-state index >= 15 is 0 Å². The Morgan fingerprint density at radius 2 is 2.31 bits per heavy atom. The molecule has 4 nitrogen and oxygen atoms in total. The van der Waals surface area contributed by atoms with Gasteiger partial charge in [-0.1, -0.05) is 13.3 Å². The summed E-state index contributed by atoms with van der Waals surface area (Å²) < 4.78 is 5.19. The van der Waals surface area contributed by atoms with Gasteiger partial charge in [0.25, 0.3) is 0 Å². The molecule has 0 radical (unpaired) electrons. The molecule has 1 heterocycles. The SMILES string of the molecule is CCCCc1nc(C(=O)O)c(C)o1. The molecule has 0 fully saturated rings. The monoisotopic (exact) mass is 183 g/mol. The molecule has 0 aliphatic carbocycles. The average molecular weight is 183 g/mol. The molecule has 4 heteroatoms. The van der Waals surface area contributed by atoms with Crippen LogP contribution in [0.15, 0.2) is 4.42 Å². The number of aromatic nitrogens is 1. The molecule has 1 aromatic rings. The normalized spacial score (nSPS) is 10.3. The molecule has 1 aromatic heterocycles. The minimum atomic E-state index is -1.02. The molecule has 0 aliphatic heterocycles. The third kappa shape index (κ3) is 2.31. The van der Waals surface area contributed by atoms with Gasteiger partial charge in [-0.3, -0.25) is 0 Å². The van der Waals surface area contributed by atoms with Crippen LogP contribution in [0.3, 0.4) is 0 Å². The molecule has 1 rings (SSSR count). The first-order valence-corrected chi connectivity index (χ1v) is 4.34. The van der Waals surface area contributed by atoms with E-state index in [9.17, 15) is 4.79 Å². The molecular weight excluding hydrogens is 170 g/mol. The fourth-order valence-corrected chi connectivity index (χ4v) is 1.08. The highest BCUT2D eigenvalue weighted by Crippen LogP contribution is 2.11. The maximum atomic E-state index is 10.6. The van der Waals surface area contributed by atoms with Crippen molar-refractivity contribution < 1.29 is 14.3 Å². The number of carbonyl (C=O) groups is 1. The maximum absolute atomic E-state index is 10.6. The molecule has 0 aliphatic rings. The van der Waals surface area contributed by atoms with Gasteiger partial charge >= 0.3 is 5.97 Å². The van der Waals surface area contributed by atoms with Crippen molar-refractivity contribution in [2.45, 2.75) is 33.1 Å². The lowest BCUT2D eigenvalue weighted by Gasteiger charge is -1.89. The lowest BCUT2D eigenvalue weighted by atomic mass is 10.2. The predicted octanol–water partition coefficient (Wildman–Crippen LogP) is 2.02. The number of aromatic carboxylic acids is 1. The van der Waals surface area contributed by atoms with Crippen LogP contribution in [0.25, 0.3) is 0 Å². The number of hydrogen-bond donors (Lipinski definition) is 1. The molecule has 0 aromatic carbocycles. The van der Waals surface area contributed by atoms with Gasteiger partial charge in [-0.25, -0.2) is 9.78 Å². The van der Waals surface area contributed by atoms with E-state index in [0.29, 0.717) is 18.1 Å². The van der Waals surface area contributed by atoms with Gasteiger partial charge in [0.15, 0.2) is 11.6 Å². The van der Waals surface area contributed by atoms with E-state index in [1.807, 2.05) is 0 Å². The Kier molecular flexibility index (Phi) is 3.06. The van der Waals surface area contributed by atoms with E-state index in [1.54, 1.807) is 6.92 Å². The molecule has 0 unspecified atom stereocenters. The fraction of sp³-hybridized carbons (Fsp3) is 0.556. The summed E-state index contributed by atoms with van der Waals surface area (Å²) in [4.78, 5) is 14.5. The van der Waals surface area contributed by atoms with Crippen molar-refractivity contribution in [3.63, 3.8) is 0 Å². The van der Waals surface area contributed by atoms with Gasteiger partial charge in [0, 0.05) is 6.42 Å². The summed E-state index contributed by atoms with van der Waals surface area (Å²) in [6.45, 7) is 3.68. The second-order valence-electron chi connectivity index (χ2n) is 2.92. The Labute approximate surface area is 76.6 Å². The molecule has 0 saturated heterocycles. The summed E-state index contributed by atoms with van der Waals surface area (Å²) >= 11 is 0. The Hall–Kier alpha value is -1.32. The predicted molar refractivity (Wildman–Crippen MR) is 46.8 cm³/mol. The van der Waals surface area contributed by atoms with E-state index in [2.05, 4.69) is 11.9 Å². The van der Waals surface area contributed by atoms with Crippen LogP contribution >= 0.6 is 0 Å². The van der Waals surface area contributed by atoms with Crippen LogP contribution in [-0.2, 0) is 6.42 Å². The lowest BCUT2D eigenvalue weighted by Crippen LogP contribution is -1.98. The van der Waals surface area contributed by atoms with Gasteiger partial charge in [-0.05, 0) is 13.3 Å². The van der Waals surface area contributed by atoms with Crippen molar-refractivity contribution in [3.05, 3.63) is 17.3 Å². The second kappa shape index (κ2) is 4.07. The highest BCUT2D eigenvalue weighted by atomic mass is 16.4. The summed E-state index contributed by atoms with van der Waals surface area (Å²) in [5, 5.41) is 8.68. The number of oxazole rings is 1. The third-order valence-electron chi connectivity index (χ3n) is 1.79. The fourth-order valence-electron chi connectivity index (χ4n) is 1.08. The van der Waals surface area contributed by atoms with E-state index in [4.69, 9.17) is 9.52 Å². The maximum Gasteiger partial charge on any atom is 0.358 e. The van der Waals surface area contributed by atoms with Crippen molar-refractivity contribution >= 4 is 5.97 Å². The van der Waals surface area contributed by atoms with Crippen molar-refractivity contribution in [2.24, 2.45) is 0 Å². The largest absolute Gasteiger partial charge is 0.476 e. The number of hydrogen-bond acceptors (Lipinski definition) is 3. The van der Waals surface area contributed by atoms with Crippen molar-refractivity contribution in [3.8, 4) is 0 Å². The van der Waals surface area contributed by atoms with Gasteiger partial charge in [-0.2, -0.15) is 0 Å². The van der Waals surface area contributed by atoms with Crippen LogP contribution in [0.5, 0.6) is 0 Å². The van der Waals surface area contributed by atoms with Gasteiger partial charge in [0.05, 0.1) is 0 Å². The summed E-state index contributed by atoms with van der Waals surface area (Å²) in [6, 6.07) is 0. The molecule has 1 N–H and O–H groups in total. The van der Waals surface area contributed by atoms with Crippen LogP contribution in [0.1, 0.15) is 41.9 Å². The minimum absolute atomic E-state index is 0.0334. The van der Waals surface area contributed by atoms with Gasteiger partial charge in [0.2, 0.25) is 0 Å². The molecule has 0 saturated carbocycles. The van der Waals surface area contributed by atoms with Gasteiger partial charge < -0.3 is 9.52 Å². The van der Waals surface area contributed by atoms with Crippen LogP contribution in [0, 0.1) is 6.92 Å². The van der Waals surface area contributed by atoms with Crippen LogP contribution < -0.4 is 0 Å². The highest BCUT2D eigenvalue weighted by molar-refractivity contribution is 5.86. The number of aryl methyl sites for hydroxylation is 2. The number of nitrogens with zero attached hydrogens (tertiary/aromatic N) is 1. The highest BCUT2D eigenvalue weighted by Gasteiger charge is 2.14. The van der Waals surface area contributed by atoms with Crippen LogP contribution in [0.4, 0.5) is 0 Å². The van der Waals surface area contributed by atoms with Crippen molar-refractivity contribution in [1.82, 2.24) is 4.98 Å². The first-order valence-electron chi connectivity index (χ1n) is 4.34. The number of carboxylic acid groups (broad SMARTS) is 1. The Morgan fingerprint density at radius 1 is 1.62 bits per heavy atom. The zero-order valence-electron chi connectivity index (χ0n) is 7.83. The Balaban J connectivity index is 2.76. The summed E-state index contributed by atoms with van der Waals surface area (Å²) in [5.41, 5.74) is 0.0334.